The lowest BCUT2D eigenvalue weighted by molar-refractivity contribution is -0.136. The van der Waals surface area contributed by atoms with E-state index in [2.05, 4.69) is 0 Å². The second kappa shape index (κ2) is 3.87. The van der Waals surface area contributed by atoms with Gasteiger partial charge in [0.25, 0.3) is 0 Å². The first-order chi connectivity index (χ1) is 7.87. The Hall–Kier alpha value is -1.84. The van der Waals surface area contributed by atoms with Crippen LogP contribution in [0.2, 0.25) is 0 Å². The maximum Gasteiger partial charge on any atom is 0.307 e. The van der Waals surface area contributed by atoms with Crippen LogP contribution in [-0.4, -0.2) is 22.5 Å². The zero-order valence-corrected chi connectivity index (χ0v) is 9.82. The molecule has 0 saturated carbocycles. The highest BCUT2D eigenvalue weighted by atomic mass is 16.5. The van der Waals surface area contributed by atoms with E-state index in [1.54, 1.807) is 18.2 Å². The van der Waals surface area contributed by atoms with Gasteiger partial charge in [0, 0.05) is 0 Å². The number of hydrogen-bond donors (Lipinski definition) is 1. The molecule has 0 atom stereocenters. The van der Waals surface area contributed by atoms with Crippen molar-refractivity contribution in [2.45, 2.75) is 32.3 Å². The van der Waals surface area contributed by atoms with Crippen molar-refractivity contribution in [3.8, 4) is 5.75 Å². The summed E-state index contributed by atoms with van der Waals surface area (Å²) in [6.45, 7) is 3.72. The van der Waals surface area contributed by atoms with Crippen LogP contribution in [0.3, 0.4) is 0 Å². The maximum absolute atomic E-state index is 11.9. The summed E-state index contributed by atoms with van der Waals surface area (Å²) in [5.41, 5.74) is 0.620. The Morgan fingerprint density at radius 1 is 1.47 bits per heavy atom. The van der Waals surface area contributed by atoms with E-state index in [1.165, 1.54) is 0 Å². The molecule has 1 aliphatic heterocycles. The molecule has 4 nitrogen and oxygen atoms in total. The number of Topliss-reactive ketones (excluding diaryl/α,β-unsaturated/α-hetero) is 1. The number of aliphatic carboxylic acids is 1. The Balaban J connectivity index is 2.37. The van der Waals surface area contributed by atoms with Gasteiger partial charge in [-0.25, -0.2) is 0 Å². The highest BCUT2D eigenvalue weighted by Crippen LogP contribution is 2.33. The molecule has 0 unspecified atom stereocenters. The van der Waals surface area contributed by atoms with Crippen LogP contribution in [0.1, 0.15) is 36.2 Å². The van der Waals surface area contributed by atoms with Crippen LogP contribution in [-0.2, 0) is 11.2 Å². The van der Waals surface area contributed by atoms with Gasteiger partial charge in [-0.2, -0.15) is 0 Å². The van der Waals surface area contributed by atoms with Gasteiger partial charge in [0.05, 0.1) is 18.4 Å². The fraction of sp³-hybridized carbons (Fsp3) is 0.385. The average Bonchev–Trinajstić information content (AvgIpc) is 2.16. The lowest BCUT2D eigenvalue weighted by Crippen LogP contribution is -2.35. The Morgan fingerprint density at radius 2 is 2.18 bits per heavy atom. The highest BCUT2D eigenvalue weighted by molar-refractivity contribution is 6.00. The first-order valence-electron chi connectivity index (χ1n) is 5.44. The molecular formula is C13H14O4. The molecule has 0 amide bonds. The predicted molar refractivity (Wildman–Crippen MR) is 61.4 cm³/mol. The van der Waals surface area contributed by atoms with Crippen molar-refractivity contribution in [3.05, 3.63) is 29.3 Å². The zero-order valence-electron chi connectivity index (χ0n) is 9.82. The molecule has 1 aliphatic rings. The molecule has 0 spiro atoms. The lowest BCUT2D eigenvalue weighted by atomic mass is 9.92. The van der Waals surface area contributed by atoms with Crippen LogP contribution in [0.4, 0.5) is 0 Å². The van der Waals surface area contributed by atoms with E-state index in [9.17, 15) is 9.59 Å². The predicted octanol–water partition coefficient (Wildman–Crippen LogP) is 2.06. The van der Waals surface area contributed by atoms with E-state index in [0.29, 0.717) is 23.3 Å². The van der Waals surface area contributed by atoms with E-state index in [1.807, 2.05) is 13.8 Å². The van der Waals surface area contributed by atoms with Crippen LogP contribution in [0, 0.1) is 0 Å². The van der Waals surface area contributed by atoms with Crippen molar-refractivity contribution < 1.29 is 19.4 Å². The summed E-state index contributed by atoms with van der Waals surface area (Å²) in [6.07, 6.45) is 0.237. The molecule has 0 bridgehead atoms. The van der Waals surface area contributed by atoms with Gasteiger partial charge in [0.1, 0.15) is 11.4 Å². The number of rotatable bonds is 2. The largest absolute Gasteiger partial charge is 0.487 e. The van der Waals surface area contributed by atoms with E-state index in [4.69, 9.17) is 9.84 Å². The minimum Gasteiger partial charge on any atom is -0.487 e. The Labute approximate surface area is 99.2 Å². The fourth-order valence-corrected chi connectivity index (χ4v) is 1.98. The number of carbonyl (C=O) groups is 2. The molecule has 0 aromatic heterocycles. The molecule has 17 heavy (non-hydrogen) atoms. The van der Waals surface area contributed by atoms with Gasteiger partial charge < -0.3 is 9.84 Å². The van der Waals surface area contributed by atoms with Crippen molar-refractivity contribution >= 4 is 11.8 Å². The third-order valence-corrected chi connectivity index (χ3v) is 2.67. The summed E-state index contributed by atoms with van der Waals surface area (Å²) in [7, 11) is 0. The molecule has 90 valence electrons. The average molecular weight is 234 g/mol. The summed E-state index contributed by atoms with van der Waals surface area (Å²) in [5.74, 6) is -0.363. The van der Waals surface area contributed by atoms with Crippen molar-refractivity contribution in [3.63, 3.8) is 0 Å². The van der Waals surface area contributed by atoms with E-state index in [0.717, 1.165) is 0 Å². The van der Waals surface area contributed by atoms with Gasteiger partial charge >= 0.3 is 5.97 Å². The van der Waals surface area contributed by atoms with Gasteiger partial charge in [0.2, 0.25) is 0 Å². The minimum atomic E-state index is -0.908. The number of hydrogen-bond acceptors (Lipinski definition) is 3. The van der Waals surface area contributed by atoms with Gasteiger partial charge in [-0.3, -0.25) is 9.59 Å². The SMILES string of the molecule is CC1(C)CC(=O)c2cc(CC(=O)O)ccc2O1. The van der Waals surface area contributed by atoms with E-state index < -0.39 is 11.6 Å². The molecule has 1 aromatic rings. The Kier molecular flexibility index (Phi) is 2.65. The van der Waals surface area contributed by atoms with Crippen LogP contribution in [0.25, 0.3) is 0 Å². The second-order valence-electron chi connectivity index (χ2n) is 4.86. The lowest BCUT2D eigenvalue weighted by Gasteiger charge is -2.31. The van der Waals surface area contributed by atoms with Crippen LogP contribution in [0.5, 0.6) is 5.75 Å². The summed E-state index contributed by atoms with van der Waals surface area (Å²) < 4.78 is 5.68. The molecule has 2 rings (SSSR count). The number of carboxylic acids is 1. The van der Waals surface area contributed by atoms with Gasteiger partial charge in [-0.05, 0) is 31.5 Å². The fourth-order valence-electron chi connectivity index (χ4n) is 1.98. The normalized spacial score (nSPS) is 17.2. The number of carboxylic acid groups (broad SMARTS) is 1. The quantitative estimate of drug-likeness (QED) is 0.850. The van der Waals surface area contributed by atoms with Crippen LogP contribution in [0.15, 0.2) is 18.2 Å². The Bertz CT molecular complexity index is 488. The summed E-state index contributed by atoms with van der Waals surface area (Å²) in [4.78, 5) is 22.5. The molecule has 1 aromatic carbocycles. The smallest absolute Gasteiger partial charge is 0.307 e. The van der Waals surface area contributed by atoms with Crippen molar-refractivity contribution in [2.75, 3.05) is 0 Å². The number of fused-ring (bicyclic) bond motifs is 1. The molecule has 1 N–H and O–H groups in total. The number of carbonyl (C=O) groups excluding carboxylic acids is 1. The molecule has 0 aliphatic carbocycles. The molecule has 4 heteroatoms. The van der Waals surface area contributed by atoms with Gasteiger partial charge in [0.15, 0.2) is 5.78 Å². The minimum absolute atomic E-state index is 0.00323. The Morgan fingerprint density at radius 3 is 2.82 bits per heavy atom. The maximum atomic E-state index is 11.9. The zero-order chi connectivity index (χ0) is 12.6. The van der Waals surface area contributed by atoms with Gasteiger partial charge in [-0.15, -0.1) is 0 Å². The van der Waals surface area contributed by atoms with Crippen molar-refractivity contribution in [1.82, 2.24) is 0 Å². The standard InChI is InChI=1S/C13H14O4/c1-13(2)7-10(14)9-5-8(6-12(15)16)3-4-11(9)17-13/h3-5H,6-7H2,1-2H3,(H,15,16). The topological polar surface area (TPSA) is 63.6 Å². The number of ether oxygens (including phenoxy) is 1. The summed E-state index contributed by atoms with van der Waals surface area (Å²) in [6, 6.07) is 4.97. The van der Waals surface area contributed by atoms with E-state index in [-0.39, 0.29) is 12.2 Å². The monoisotopic (exact) mass is 234 g/mol. The van der Waals surface area contributed by atoms with E-state index >= 15 is 0 Å². The van der Waals surface area contributed by atoms with Crippen LogP contribution < -0.4 is 4.74 Å². The van der Waals surface area contributed by atoms with Gasteiger partial charge in [-0.1, -0.05) is 6.07 Å². The summed E-state index contributed by atoms with van der Waals surface area (Å²) >= 11 is 0. The molecule has 0 fully saturated rings. The van der Waals surface area contributed by atoms with Crippen LogP contribution >= 0.6 is 0 Å². The third-order valence-electron chi connectivity index (χ3n) is 2.67. The summed E-state index contributed by atoms with van der Waals surface area (Å²) in [5, 5.41) is 8.70. The molecule has 0 saturated heterocycles. The first kappa shape index (κ1) is 11.6. The van der Waals surface area contributed by atoms with Crippen molar-refractivity contribution in [2.24, 2.45) is 0 Å². The first-order valence-corrected chi connectivity index (χ1v) is 5.44. The highest BCUT2D eigenvalue weighted by Gasteiger charge is 2.32. The number of ketones is 1. The van der Waals surface area contributed by atoms with Crippen molar-refractivity contribution in [1.29, 1.82) is 0 Å². The molecular weight excluding hydrogens is 220 g/mol. The molecule has 1 heterocycles. The second-order valence-corrected chi connectivity index (χ2v) is 4.86. The molecule has 0 radical (unpaired) electrons. The third kappa shape index (κ3) is 2.46. The number of benzene rings is 1.